The lowest BCUT2D eigenvalue weighted by atomic mass is 9.99. The fraction of sp³-hybridized carbons (Fsp3) is 0.438. The molecule has 1 aliphatic rings. The summed E-state index contributed by atoms with van der Waals surface area (Å²) in [5.74, 6) is 0.907. The standard InChI is InChI=1S/C16H20N2O/c1-3-8-18-9-4-5-12-11-17-15-7-6-13(19-2)10-14(15)16(12)18/h6-7,10-11H,3-5,8-9H2,1-2H3. The van der Waals surface area contributed by atoms with Crippen LogP contribution in [0.1, 0.15) is 25.3 Å². The number of hydrogen-bond donors (Lipinski definition) is 0. The van der Waals surface area contributed by atoms with Crippen molar-refractivity contribution in [2.45, 2.75) is 26.2 Å². The Bertz CT molecular complexity index is 589. The number of benzene rings is 1. The molecule has 0 N–H and O–H groups in total. The van der Waals surface area contributed by atoms with Gasteiger partial charge in [0.2, 0.25) is 0 Å². The molecule has 3 rings (SSSR count). The van der Waals surface area contributed by atoms with Crippen molar-refractivity contribution in [1.29, 1.82) is 0 Å². The number of aryl methyl sites for hydroxylation is 1. The lowest BCUT2D eigenvalue weighted by Gasteiger charge is -2.32. The molecule has 0 amide bonds. The number of anilines is 1. The van der Waals surface area contributed by atoms with Crippen LogP contribution in [-0.2, 0) is 6.42 Å². The Hall–Kier alpha value is -1.77. The van der Waals surface area contributed by atoms with Gasteiger partial charge in [-0.05, 0) is 43.0 Å². The van der Waals surface area contributed by atoms with E-state index in [-0.39, 0.29) is 0 Å². The van der Waals surface area contributed by atoms with Gasteiger partial charge in [-0.1, -0.05) is 6.92 Å². The van der Waals surface area contributed by atoms with Gasteiger partial charge in [0.05, 0.1) is 18.3 Å². The second kappa shape index (κ2) is 5.08. The van der Waals surface area contributed by atoms with E-state index in [9.17, 15) is 0 Å². The van der Waals surface area contributed by atoms with Crippen molar-refractivity contribution in [3.8, 4) is 5.75 Å². The number of ether oxygens (including phenoxy) is 1. The summed E-state index contributed by atoms with van der Waals surface area (Å²) in [6.07, 6.45) is 5.58. The van der Waals surface area contributed by atoms with Crippen LogP contribution in [-0.4, -0.2) is 25.2 Å². The summed E-state index contributed by atoms with van der Waals surface area (Å²) in [6.45, 7) is 4.50. The highest BCUT2D eigenvalue weighted by Gasteiger charge is 2.19. The van der Waals surface area contributed by atoms with E-state index in [2.05, 4.69) is 22.9 Å². The quantitative estimate of drug-likeness (QED) is 0.841. The summed E-state index contributed by atoms with van der Waals surface area (Å²) in [6, 6.07) is 6.15. The van der Waals surface area contributed by atoms with Crippen molar-refractivity contribution in [2.24, 2.45) is 0 Å². The first-order valence-corrected chi connectivity index (χ1v) is 7.04. The fourth-order valence-corrected chi connectivity index (χ4v) is 2.95. The molecule has 0 saturated heterocycles. The predicted octanol–water partition coefficient (Wildman–Crippen LogP) is 3.41. The largest absolute Gasteiger partial charge is 0.497 e. The minimum atomic E-state index is 0.907. The predicted molar refractivity (Wildman–Crippen MR) is 79.1 cm³/mol. The van der Waals surface area contributed by atoms with E-state index in [1.54, 1.807) is 7.11 Å². The van der Waals surface area contributed by atoms with Crippen LogP contribution in [0.25, 0.3) is 10.9 Å². The average molecular weight is 256 g/mol. The Kier molecular flexibility index (Phi) is 3.28. The van der Waals surface area contributed by atoms with Crippen molar-refractivity contribution < 1.29 is 4.74 Å². The Labute approximate surface area is 114 Å². The van der Waals surface area contributed by atoms with E-state index in [0.29, 0.717) is 0 Å². The van der Waals surface area contributed by atoms with Gasteiger partial charge < -0.3 is 9.64 Å². The zero-order chi connectivity index (χ0) is 13.2. The SMILES string of the molecule is CCCN1CCCc2cnc3ccc(OC)cc3c21. The molecule has 0 bridgehead atoms. The van der Waals surface area contributed by atoms with Gasteiger partial charge in [0, 0.05) is 24.7 Å². The van der Waals surface area contributed by atoms with Crippen LogP contribution in [0.4, 0.5) is 5.69 Å². The Morgan fingerprint density at radius 2 is 2.26 bits per heavy atom. The summed E-state index contributed by atoms with van der Waals surface area (Å²) < 4.78 is 5.36. The zero-order valence-electron chi connectivity index (χ0n) is 11.6. The van der Waals surface area contributed by atoms with Crippen LogP contribution in [0.15, 0.2) is 24.4 Å². The molecule has 1 aliphatic heterocycles. The monoisotopic (exact) mass is 256 g/mol. The molecule has 2 aromatic rings. The molecule has 2 heterocycles. The Balaban J connectivity index is 2.20. The maximum absolute atomic E-state index is 5.36. The second-order valence-corrected chi connectivity index (χ2v) is 5.11. The first-order chi connectivity index (χ1) is 9.33. The molecule has 19 heavy (non-hydrogen) atoms. The van der Waals surface area contributed by atoms with Gasteiger partial charge in [-0.15, -0.1) is 0 Å². The molecule has 0 radical (unpaired) electrons. The van der Waals surface area contributed by atoms with Gasteiger partial charge in [-0.3, -0.25) is 4.98 Å². The van der Waals surface area contributed by atoms with Gasteiger partial charge >= 0.3 is 0 Å². The van der Waals surface area contributed by atoms with Gasteiger partial charge in [0.1, 0.15) is 5.75 Å². The van der Waals surface area contributed by atoms with Crippen LogP contribution in [0.2, 0.25) is 0 Å². The summed E-state index contributed by atoms with van der Waals surface area (Å²) in [7, 11) is 1.72. The van der Waals surface area contributed by atoms with Crippen LogP contribution >= 0.6 is 0 Å². The number of hydrogen-bond acceptors (Lipinski definition) is 3. The molecule has 0 fully saturated rings. The third kappa shape index (κ3) is 2.14. The lowest BCUT2D eigenvalue weighted by Crippen LogP contribution is -2.30. The summed E-state index contributed by atoms with van der Waals surface area (Å²) >= 11 is 0. The average Bonchev–Trinajstić information content (AvgIpc) is 2.47. The van der Waals surface area contributed by atoms with Gasteiger partial charge in [-0.2, -0.15) is 0 Å². The molecule has 0 atom stereocenters. The fourth-order valence-electron chi connectivity index (χ4n) is 2.95. The van der Waals surface area contributed by atoms with Crippen LogP contribution in [0, 0.1) is 0 Å². The smallest absolute Gasteiger partial charge is 0.119 e. The number of rotatable bonds is 3. The number of nitrogens with zero attached hydrogens (tertiary/aromatic N) is 2. The topological polar surface area (TPSA) is 25.4 Å². The van der Waals surface area contributed by atoms with E-state index < -0.39 is 0 Å². The molecular formula is C16H20N2O. The highest BCUT2D eigenvalue weighted by molar-refractivity contribution is 5.94. The van der Waals surface area contributed by atoms with E-state index >= 15 is 0 Å². The molecule has 0 spiro atoms. The molecule has 100 valence electrons. The molecule has 3 nitrogen and oxygen atoms in total. The lowest BCUT2D eigenvalue weighted by molar-refractivity contribution is 0.415. The summed E-state index contributed by atoms with van der Waals surface area (Å²) in [5.41, 5.74) is 3.81. The number of methoxy groups -OCH3 is 1. The van der Waals surface area contributed by atoms with E-state index in [1.807, 2.05) is 18.3 Å². The van der Waals surface area contributed by atoms with E-state index in [4.69, 9.17) is 4.74 Å². The third-order valence-electron chi connectivity index (χ3n) is 3.81. The third-order valence-corrected chi connectivity index (χ3v) is 3.81. The van der Waals surface area contributed by atoms with Crippen molar-refractivity contribution >= 4 is 16.6 Å². The number of aromatic nitrogens is 1. The summed E-state index contributed by atoms with van der Waals surface area (Å²) in [5, 5.41) is 1.23. The highest BCUT2D eigenvalue weighted by Crippen LogP contribution is 2.35. The molecule has 1 aromatic heterocycles. The minimum absolute atomic E-state index is 0.907. The number of fused-ring (bicyclic) bond motifs is 3. The van der Waals surface area contributed by atoms with Crippen LogP contribution in [0.3, 0.4) is 0 Å². The van der Waals surface area contributed by atoms with Gasteiger partial charge in [0.25, 0.3) is 0 Å². The van der Waals surface area contributed by atoms with Crippen LogP contribution < -0.4 is 9.64 Å². The number of pyridine rings is 1. The molecule has 1 aromatic carbocycles. The minimum Gasteiger partial charge on any atom is -0.497 e. The second-order valence-electron chi connectivity index (χ2n) is 5.11. The normalized spacial score (nSPS) is 14.5. The van der Waals surface area contributed by atoms with Crippen molar-refractivity contribution in [3.05, 3.63) is 30.0 Å². The maximum Gasteiger partial charge on any atom is 0.119 e. The Morgan fingerprint density at radius 1 is 1.37 bits per heavy atom. The van der Waals surface area contributed by atoms with Crippen LogP contribution in [0.5, 0.6) is 5.75 Å². The first-order valence-electron chi connectivity index (χ1n) is 7.04. The van der Waals surface area contributed by atoms with Crippen molar-refractivity contribution in [1.82, 2.24) is 4.98 Å². The zero-order valence-corrected chi connectivity index (χ0v) is 11.6. The van der Waals surface area contributed by atoms with E-state index in [1.165, 1.54) is 29.5 Å². The molecular weight excluding hydrogens is 236 g/mol. The van der Waals surface area contributed by atoms with Crippen molar-refractivity contribution in [3.63, 3.8) is 0 Å². The molecule has 3 heteroatoms. The highest BCUT2D eigenvalue weighted by atomic mass is 16.5. The van der Waals surface area contributed by atoms with E-state index in [0.717, 1.165) is 30.8 Å². The Morgan fingerprint density at radius 3 is 3.05 bits per heavy atom. The molecule has 0 aliphatic carbocycles. The molecule has 0 saturated carbocycles. The summed E-state index contributed by atoms with van der Waals surface area (Å²) in [4.78, 5) is 7.08. The maximum atomic E-state index is 5.36. The first kappa shape index (κ1) is 12.3. The van der Waals surface area contributed by atoms with Gasteiger partial charge in [-0.25, -0.2) is 0 Å². The van der Waals surface area contributed by atoms with Crippen molar-refractivity contribution in [2.75, 3.05) is 25.1 Å². The molecule has 0 unspecified atom stereocenters. The van der Waals surface area contributed by atoms with Gasteiger partial charge in [0.15, 0.2) is 0 Å².